The van der Waals surface area contributed by atoms with Gasteiger partial charge < -0.3 is 14.7 Å². The van der Waals surface area contributed by atoms with Gasteiger partial charge >= 0.3 is 6.09 Å². The summed E-state index contributed by atoms with van der Waals surface area (Å²) in [5.74, 6) is 0.332. The SMILES string of the molecule is CCCN(CCC)C(=O)c1cc(Cl)cc(OCCN(C(=O)O)c2ccncc2)c1. The normalized spacial score (nSPS) is 10.4. The fourth-order valence-electron chi connectivity index (χ4n) is 2.92. The van der Waals surface area contributed by atoms with Gasteiger partial charge in [0, 0.05) is 36.1 Å². The van der Waals surface area contributed by atoms with Crippen molar-refractivity contribution in [1.82, 2.24) is 9.88 Å². The molecule has 156 valence electrons. The van der Waals surface area contributed by atoms with Gasteiger partial charge in [-0.1, -0.05) is 25.4 Å². The Morgan fingerprint density at radius 3 is 2.31 bits per heavy atom. The van der Waals surface area contributed by atoms with Crippen LogP contribution >= 0.6 is 11.6 Å². The standard InChI is InChI=1S/C21H26ClN3O4/c1-3-9-24(10-4-2)20(26)16-13-17(22)15-19(14-16)29-12-11-25(21(27)28)18-5-7-23-8-6-18/h5-8,13-15H,3-4,9-12H2,1-2H3,(H,27,28). The van der Waals surface area contributed by atoms with E-state index in [9.17, 15) is 14.7 Å². The molecule has 8 heteroatoms. The van der Waals surface area contributed by atoms with Crippen molar-refractivity contribution in [2.75, 3.05) is 31.1 Å². The minimum absolute atomic E-state index is 0.0926. The van der Waals surface area contributed by atoms with E-state index >= 15 is 0 Å². The lowest BCUT2D eigenvalue weighted by Gasteiger charge is -2.22. The number of carbonyl (C=O) groups excluding carboxylic acids is 1. The zero-order chi connectivity index (χ0) is 21.2. The van der Waals surface area contributed by atoms with Crippen molar-refractivity contribution in [3.63, 3.8) is 0 Å². The third-order valence-corrected chi connectivity index (χ3v) is 4.40. The summed E-state index contributed by atoms with van der Waals surface area (Å²) in [6.45, 7) is 5.63. The quantitative estimate of drug-likeness (QED) is 0.610. The molecule has 0 radical (unpaired) electrons. The maximum atomic E-state index is 12.8. The van der Waals surface area contributed by atoms with Crippen LogP contribution in [0, 0.1) is 0 Å². The number of carboxylic acid groups (broad SMARTS) is 1. The number of aromatic nitrogens is 1. The van der Waals surface area contributed by atoms with E-state index in [1.807, 2.05) is 13.8 Å². The lowest BCUT2D eigenvalue weighted by Crippen LogP contribution is -2.33. The highest BCUT2D eigenvalue weighted by molar-refractivity contribution is 6.31. The van der Waals surface area contributed by atoms with E-state index in [0.717, 1.165) is 12.8 Å². The molecule has 0 aliphatic carbocycles. The molecule has 2 amide bonds. The van der Waals surface area contributed by atoms with Crippen LogP contribution < -0.4 is 9.64 Å². The smallest absolute Gasteiger partial charge is 0.411 e. The van der Waals surface area contributed by atoms with E-state index in [-0.39, 0.29) is 19.1 Å². The summed E-state index contributed by atoms with van der Waals surface area (Å²) >= 11 is 6.18. The number of rotatable bonds is 10. The van der Waals surface area contributed by atoms with Gasteiger partial charge in [-0.05, 0) is 43.2 Å². The molecule has 0 bridgehead atoms. The van der Waals surface area contributed by atoms with E-state index in [1.165, 1.54) is 17.3 Å². The number of nitrogens with zero attached hydrogens (tertiary/aromatic N) is 3. The first-order valence-electron chi connectivity index (χ1n) is 9.59. The van der Waals surface area contributed by atoms with Crippen LogP contribution in [0.3, 0.4) is 0 Å². The first-order chi connectivity index (χ1) is 14.0. The van der Waals surface area contributed by atoms with Crippen molar-refractivity contribution in [3.05, 3.63) is 53.3 Å². The summed E-state index contributed by atoms with van der Waals surface area (Å²) in [5.41, 5.74) is 0.964. The topological polar surface area (TPSA) is 83.0 Å². The summed E-state index contributed by atoms with van der Waals surface area (Å²) in [4.78, 5) is 31.2. The number of amides is 2. The Morgan fingerprint density at radius 2 is 1.72 bits per heavy atom. The lowest BCUT2D eigenvalue weighted by molar-refractivity contribution is 0.0755. The Balaban J connectivity index is 2.07. The van der Waals surface area contributed by atoms with E-state index in [1.54, 1.807) is 35.2 Å². The van der Waals surface area contributed by atoms with Crippen LogP contribution in [0.15, 0.2) is 42.7 Å². The van der Waals surface area contributed by atoms with Crippen molar-refractivity contribution in [1.29, 1.82) is 0 Å². The van der Waals surface area contributed by atoms with Crippen LogP contribution in [0.25, 0.3) is 0 Å². The van der Waals surface area contributed by atoms with E-state index in [2.05, 4.69) is 4.98 Å². The van der Waals surface area contributed by atoms with Crippen LogP contribution in [-0.2, 0) is 0 Å². The van der Waals surface area contributed by atoms with Crippen LogP contribution in [0.1, 0.15) is 37.0 Å². The van der Waals surface area contributed by atoms with Gasteiger partial charge in [0.2, 0.25) is 0 Å². The minimum Gasteiger partial charge on any atom is -0.492 e. The predicted octanol–water partition coefficient (Wildman–Crippen LogP) is 4.56. The molecule has 0 aliphatic heterocycles. The molecule has 1 aromatic carbocycles. The number of hydrogen-bond donors (Lipinski definition) is 1. The number of hydrogen-bond acceptors (Lipinski definition) is 4. The summed E-state index contributed by atoms with van der Waals surface area (Å²) in [6, 6.07) is 8.10. The fraction of sp³-hybridized carbons (Fsp3) is 0.381. The number of anilines is 1. The van der Waals surface area contributed by atoms with Crippen molar-refractivity contribution in [3.8, 4) is 5.75 Å². The Hall–Kier alpha value is -2.80. The van der Waals surface area contributed by atoms with Gasteiger partial charge in [0.1, 0.15) is 12.4 Å². The van der Waals surface area contributed by atoms with E-state index < -0.39 is 6.09 Å². The van der Waals surface area contributed by atoms with E-state index in [0.29, 0.717) is 35.1 Å². The number of carbonyl (C=O) groups is 2. The molecule has 2 rings (SSSR count). The van der Waals surface area contributed by atoms with Crippen LogP contribution in [-0.4, -0.2) is 53.2 Å². The molecule has 0 aliphatic rings. The molecular formula is C21H26ClN3O4. The Morgan fingerprint density at radius 1 is 1.07 bits per heavy atom. The minimum atomic E-state index is -1.09. The lowest BCUT2D eigenvalue weighted by atomic mass is 10.1. The van der Waals surface area contributed by atoms with Crippen molar-refractivity contribution >= 4 is 29.3 Å². The second kappa shape index (κ2) is 11.3. The second-order valence-corrected chi connectivity index (χ2v) is 6.89. The Kier molecular flexibility index (Phi) is 8.73. The Labute approximate surface area is 175 Å². The van der Waals surface area contributed by atoms with Crippen molar-refractivity contribution in [2.45, 2.75) is 26.7 Å². The largest absolute Gasteiger partial charge is 0.492 e. The highest BCUT2D eigenvalue weighted by Crippen LogP contribution is 2.23. The zero-order valence-electron chi connectivity index (χ0n) is 16.7. The summed E-state index contributed by atoms with van der Waals surface area (Å²) in [5, 5.41) is 9.82. The van der Waals surface area contributed by atoms with Gasteiger partial charge in [-0.15, -0.1) is 0 Å². The average molecular weight is 420 g/mol. The van der Waals surface area contributed by atoms with Gasteiger partial charge in [0.25, 0.3) is 5.91 Å². The van der Waals surface area contributed by atoms with E-state index in [4.69, 9.17) is 16.3 Å². The molecule has 7 nitrogen and oxygen atoms in total. The zero-order valence-corrected chi connectivity index (χ0v) is 17.4. The molecule has 0 saturated heterocycles. The van der Waals surface area contributed by atoms with Gasteiger partial charge in [-0.25, -0.2) is 4.79 Å². The van der Waals surface area contributed by atoms with Gasteiger partial charge in [-0.3, -0.25) is 14.7 Å². The molecule has 2 aromatic rings. The maximum Gasteiger partial charge on any atom is 0.411 e. The van der Waals surface area contributed by atoms with Crippen LogP contribution in [0.5, 0.6) is 5.75 Å². The first kappa shape index (κ1) is 22.5. The summed E-state index contributed by atoms with van der Waals surface area (Å²) < 4.78 is 5.70. The van der Waals surface area contributed by atoms with Gasteiger partial charge in [-0.2, -0.15) is 0 Å². The number of halogens is 1. The molecule has 1 N–H and O–H groups in total. The van der Waals surface area contributed by atoms with Crippen molar-refractivity contribution in [2.24, 2.45) is 0 Å². The van der Waals surface area contributed by atoms with Crippen LogP contribution in [0.2, 0.25) is 5.02 Å². The van der Waals surface area contributed by atoms with Gasteiger partial charge in [0.15, 0.2) is 0 Å². The molecule has 0 saturated carbocycles. The number of ether oxygens (including phenoxy) is 1. The molecule has 1 aromatic heterocycles. The number of benzene rings is 1. The molecule has 1 heterocycles. The highest BCUT2D eigenvalue weighted by atomic mass is 35.5. The Bertz CT molecular complexity index is 811. The molecular weight excluding hydrogens is 394 g/mol. The number of pyridine rings is 1. The third kappa shape index (κ3) is 6.64. The highest BCUT2D eigenvalue weighted by Gasteiger charge is 2.17. The molecule has 0 fully saturated rings. The predicted molar refractivity (Wildman–Crippen MR) is 113 cm³/mol. The van der Waals surface area contributed by atoms with Crippen LogP contribution in [0.4, 0.5) is 10.5 Å². The average Bonchev–Trinajstić information content (AvgIpc) is 2.70. The molecule has 29 heavy (non-hydrogen) atoms. The fourth-order valence-corrected chi connectivity index (χ4v) is 3.15. The second-order valence-electron chi connectivity index (χ2n) is 6.46. The molecule has 0 atom stereocenters. The molecule has 0 unspecified atom stereocenters. The monoisotopic (exact) mass is 419 g/mol. The maximum absolute atomic E-state index is 12.8. The summed E-state index contributed by atoms with van der Waals surface area (Å²) in [6.07, 6.45) is 3.71. The third-order valence-electron chi connectivity index (χ3n) is 4.18. The first-order valence-corrected chi connectivity index (χ1v) is 9.97. The van der Waals surface area contributed by atoms with Crippen molar-refractivity contribution < 1.29 is 19.4 Å². The summed E-state index contributed by atoms with van der Waals surface area (Å²) in [7, 11) is 0. The van der Waals surface area contributed by atoms with Gasteiger partial charge in [0.05, 0.1) is 12.2 Å². The molecule has 0 spiro atoms.